The van der Waals surface area contributed by atoms with Crippen molar-refractivity contribution in [1.29, 1.82) is 0 Å². The Kier molecular flexibility index (Phi) is 3.90. The molecular weight excluding hydrogens is 345 g/mol. The first-order valence-electron chi connectivity index (χ1n) is 6.17. The summed E-state index contributed by atoms with van der Waals surface area (Å²) in [5, 5.41) is 13.9. The first-order valence-corrected chi connectivity index (χ1v) is 7.74. The molecule has 0 saturated carbocycles. The molecule has 0 unspecified atom stereocenters. The van der Waals surface area contributed by atoms with E-state index in [0.717, 1.165) is 11.3 Å². The van der Waals surface area contributed by atoms with Gasteiger partial charge in [0.15, 0.2) is 0 Å². The Morgan fingerprint density at radius 2 is 2.05 bits per heavy atom. The van der Waals surface area contributed by atoms with E-state index in [4.69, 9.17) is 23.2 Å². The van der Waals surface area contributed by atoms with E-state index in [0.29, 0.717) is 37.3 Å². The van der Waals surface area contributed by atoms with Crippen LogP contribution in [0.1, 0.15) is 15.2 Å². The largest absolute Gasteiger partial charge is 0.477 e. The van der Waals surface area contributed by atoms with E-state index in [9.17, 15) is 9.90 Å². The standard InChI is InChI=1S/C14H9Cl2N3O2S/c1-6-10-12(19-7-2-3-8(15)9(16)4-7)17-5-18-13(10)22-11(6)14(20)21/h2-5H,1H3,(H,20,21)(H,17,18,19). The molecule has 0 saturated heterocycles. The number of carbonyl (C=O) groups is 1. The lowest BCUT2D eigenvalue weighted by molar-refractivity contribution is 0.0701. The number of hydrogen-bond donors (Lipinski definition) is 2. The maximum absolute atomic E-state index is 11.3. The number of aromatic nitrogens is 2. The Morgan fingerprint density at radius 1 is 1.27 bits per heavy atom. The highest BCUT2D eigenvalue weighted by Gasteiger charge is 2.18. The highest BCUT2D eigenvalue weighted by molar-refractivity contribution is 7.20. The van der Waals surface area contributed by atoms with Gasteiger partial charge in [0.25, 0.3) is 0 Å². The summed E-state index contributed by atoms with van der Waals surface area (Å²) in [4.78, 5) is 20.5. The summed E-state index contributed by atoms with van der Waals surface area (Å²) < 4.78 is 0. The van der Waals surface area contributed by atoms with Gasteiger partial charge in [0.05, 0.1) is 15.4 Å². The quantitative estimate of drug-likeness (QED) is 0.710. The topological polar surface area (TPSA) is 75.1 Å². The summed E-state index contributed by atoms with van der Waals surface area (Å²) in [5.41, 5.74) is 1.34. The van der Waals surface area contributed by atoms with E-state index in [1.807, 2.05) is 0 Å². The molecule has 3 rings (SSSR count). The molecule has 0 atom stereocenters. The van der Waals surface area contributed by atoms with Crippen LogP contribution in [0.25, 0.3) is 10.2 Å². The van der Waals surface area contributed by atoms with Gasteiger partial charge in [-0.3, -0.25) is 0 Å². The molecule has 0 fully saturated rings. The molecule has 8 heteroatoms. The van der Waals surface area contributed by atoms with E-state index in [1.54, 1.807) is 25.1 Å². The Bertz CT molecular complexity index is 895. The maximum atomic E-state index is 11.3. The molecule has 5 nitrogen and oxygen atoms in total. The molecule has 112 valence electrons. The van der Waals surface area contributed by atoms with Crippen molar-refractivity contribution < 1.29 is 9.90 Å². The highest BCUT2D eigenvalue weighted by Crippen LogP contribution is 2.35. The third kappa shape index (κ3) is 2.61. The zero-order valence-corrected chi connectivity index (χ0v) is 13.6. The molecule has 0 radical (unpaired) electrons. The number of nitrogens with one attached hydrogen (secondary N) is 1. The van der Waals surface area contributed by atoms with Crippen molar-refractivity contribution in [2.45, 2.75) is 6.92 Å². The fourth-order valence-corrected chi connectivity index (χ4v) is 3.37. The van der Waals surface area contributed by atoms with Gasteiger partial charge in [-0.15, -0.1) is 11.3 Å². The van der Waals surface area contributed by atoms with Crippen LogP contribution in [0, 0.1) is 6.92 Å². The van der Waals surface area contributed by atoms with Gasteiger partial charge in [-0.05, 0) is 30.7 Å². The number of carboxylic acid groups (broad SMARTS) is 1. The minimum Gasteiger partial charge on any atom is -0.477 e. The lowest BCUT2D eigenvalue weighted by Crippen LogP contribution is -1.97. The summed E-state index contributed by atoms with van der Waals surface area (Å²) in [6.07, 6.45) is 1.39. The van der Waals surface area contributed by atoms with Gasteiger partial charge in [-0.1, -0.05) is 23.2 Å². The van der Waals surface area contributed by atoms with Crippen molar-refractivity contribution in [3.8, 4) is 0 Å². The molecule has 0 aliphatic rings. The summed E-state index contributed by atoms with van der Waals surface area (Å²) in [6, 6.07) is 5.12. The molecule has 3 aromatic rings. The van der Waals surface area contributed by atoms with Crippen LogP contribution in [-0.4, -0.2) is 21.0 Å². The van der Waals surface area contributed by atoms with Crippen LogP contribution in [-0.2, 0) is 0 Å². The van der Waals surface area contributed by atoms with Crippen LogP contribution in [0.3, 0.4) is 0 Å². The Balaban J connectivity index is 2.10. The van der Waals surface area contributed by atoms with Crippen molar-refractivity contribution in [2.24, 2.45) is 0 Å². The van der Waals surface area contributed by atoms with Crippen molar-refractivity contribution >= 4 is 62.2 Å². The van der Waals surface area contributed by atoms with Crippen LogP contribution in [0.2, 0.25) is 10.0 Å². The minimum absolute atomic E-state index is 0.257. The van der Waals surface area contributed by atoms with Crippen LogP contribution in [0.15, 0.2) is 24.5 Å². The molecule has 0 aliphatic heterocycles. The lowest BCUT2D eigenvalue weighted by Gasteiger charge is -2.08. The predicted molar refractivity (Wildman–Crippen MR) is 88.9 cm³/mol. The van der Waals surface area contributed by atoms with Crippen molar-refractivity contribution in [3.63, 3.8) is 0 Å². The van der Waals surface area contributed by atoms with Crippen LogP contribution >= 0.6 is 34.5 Å². The number of anilines is 2. The van der Waals surface area contributed by atoms with Crippen LogP contribution < -0.4 is 5.32 Å². The SMILES string of the molecule is Cc1c(C(=O)O)sc2ncnc(Nc3ccc(Cl)c(Cl)c3)c12. The molecular formula is C14H9Cl2N3O2S. The van der Waals surface area contributed by atoms with Crippen molar-refractivity contribution in [1.82, 2.24) is 9.97 Å². The predicted octanol–water partition coefficient (Wildman–Crippen LogP) is 4.75. The average Bonchev–Trinajstić information content (AvgIpc) is 2.81. The molecule has 0 aliphatic carbocycles. The fourth-order valence-electron chi connectivity index (χ4n) is 2.08. The molecule has 1 aromatic carbocycles. The summed E-state index contributed by atoms with van der Waals surface area (Å²) in [5.74, 6) is -0.439. The van der Waals surface area contributed by atoms with Gasteiger partial charge >= 0.3 is 5.97 Å². The number of benzene rings is 1. The lowest BCUT2D eigenvalue weighted by atomic mass is 10.2. The summed E-state index contributed by atoms with van der Waals surface area (Å²) in [6.45, 7) is 1.74. The normalized spacial score (nSPS) is 10.9. The van der Waals surface area contributed by atoms with Gasteiger partial charge in [-0.25, -0.2) is 14.8 Å². The van der Waals surface area contributed by atoms with E-state index in [1.165, 1.54) is 6.33 Å². The molecule has 0 amide bonds. The van der Waals surface area contributed by atoms with E-state index >= 15 is 0 Å². The summed E-state index contributed by atoms with van der Waals surface area (Å²) in [7, 11) is 0. The first kappa shape index (κ1) is 15.0. The average molecular weight is 354 g/mol. The Morgan fingerprint density at radius 3 is 2.73 bits per heavy atom. The third-order valence-electron chi connectivity index (χ3n) is 3.10. The Hall–Kier alpha value is -1.89. The number of rotatable bonds is 3. The zero-order chi connectivity index (χ0) is 15.9. The number of aryl methyl sites for hydroxylation is 1. The zero-order valence-electron chi connectivity index (χ0n) is 11.2. The first-order chi connectivity index (χ1) is 10.5. The van der Waals surface area contributed by atoms with Crippen LogP contribution in [0.4, 0.5) is 11.5 Å². The number of thiophene rings is 1. The molecule has 2 aromatic heterocycles. The maximum Gasteiger partial charge on any atom is 0.346 e. The highest BCUT2D eigenvalue weighted by atomic mass is 35.5. The number of aromatic carboxylic acids is 1. The van der Waals surface area contributed by atoms with Gasteiger partial charge in [0, 0.05) is 5.69 Å². The number of hydrogen-bond acceptors (Lipinski definition) is 5. The fraction of sp³-hybridized carbons (Fsp3) is 0.0714. The molecule has 2 N–H and O–H groups in total. The van der Waals surface area contributed by atoms with Gasteiger partial charge in [0.1, 0.15) is 21.9 Å². The van der Waals surface area contributed by atoms with Gasteiger partial charge < -0.3 is 10.4 Å². The number of fused-ring (bicyclic) bond motifs is 1. The second-order valence-electron chi connectivity index (χ2n) is 4.52. The minimum atomic E-state index is -0.971. The number of halogens is 2. The third-order valence-corrected chi connectivity index (χ3v) is 5.03. The smallest absolute Gasteiger partial charge is 0.346 e. The number of carboxylic acids is 1. The summed E-state index contributed by atoms with van der Waals surface area (Å²) >= 11 is 13.0. The van der Waals surface area contributed by atoms with Crippen molar-refractivity contribution in [2.75, 3.05) is 5.32 Å². The van der Waals surface area contributed by atoms with E-state index < -0.39 is 5.97 Å². The van der Waals surface area contributed by atoms with E-state index in [-0.39, 0.29) is 4.88 Å². The van der Waals surface area contributed by atoms with E-state index in [2.05, 4.69) is 15.3 Å². The second kappa shape index (κ2) is 5.72. The molecule has 22 heavy (non-hydrogen) atoms. The van der Waals surface area contributed by atoms with Gasteiger partial charge in [0.2, 0.25) is 0 Å². The second-order valence-corrected chi connectivity index (χ2v) is 6.33. The number of nitrogens with zero attached hydrogens (tertiary/aromatic N) is 2. The van der Waals surface area contributed by atoms with Crippen molar-refractivity contribution in [3.05, 3.63) is 45.0 Å². The van der Waals surface area contributed by atoms with Crippen LogP contribution in [0.5, 0.6) is 0 Å². The molecule has 0 spiro atoms. The monoisotopic (exact) mass is 353 g/mol. The molecule has 0 bridgehead atoms. The Labute approximate surface area is 139 Å². The molecule has 2 heterocycles. The van der Waals surface area contributed by atoms with Gasteiger partial charge in [-0.2, -0.15) is 0 Å².